The van der Waals surface area contributed by atoms with E-state index in [2.05, 4.69) is 20.2 Å². The number of benzene rings is 1. The topological polar surface area (TPSA) is 98.8 Å². The largest absolute Gasteiger partial charge is 0.339 e. The molecule has 4 heterocycles. The summed E-state index contributed by atoms with van der Waals surface area (Å²) in [5.41, 5.74) is 1.41. The molecule has 4 aromatic rings. The smallest absolute Gasteiger partial charge is 0.266 e. The van der Waals surface area contributed by atoms with Gasteiger partial charge in [-0.05, 0) is 49.1 Å². The fraction of sp³-hybridized carbons (Fsp3) is 0.273. The number of amides is 1. The fourth-order valence-corrected chi connectivity index (χ4v) is 3.97. The third kappa shape index (κ3) is 3.94. The van der Waals surface area contributed by atoms with Gasteiger partial charge in [-0.15, -0.1) is 5.10 Å². The van der Waals surface area contributed by atoms with Gasteiger partial charge in [0.05, 0.1) is 5.52 Å². The molecule has 0 aliphatic carbocycles. The highest BCUT2D eigenvalue weighted by atomic mass is 16.2. The number of hydrogen-bond donors (Lipinski definition) is 0. The summed E-state index contributed by atoms with van der Waals surface area (Å²) >= 11 is 0. The van der Waals surface area contributed by atoms with Crippen molar-refractivity contribution in [3.63, 3.8) is 0 Å². The average Bonchev–Trinajstić information content (AvgIpc) is 3.35. The summed E-state index contributed by atoms with van der Waals surface area (Å²) in [6, 6.07) is 12.6. The quantitative estimate of drug-likeness (QED) is 0.505. The van der Waals surface area contributed by atoms with E-state index in [1.165, 1.54) is 21.8 Å². The number of carbonyl (C=O) groups is 1. The minimum Gasteiger partial charge on any atom is -0.339 e. The predicted octanol–water partition coefficient (Wildman–Crippen LogP) is 1.92. The van der Waals surface area contributed by atoms with Crippen LogP contribution >= 0.6 is 0 Å². The van der Waals surface area contributed by atoms with Crippen LogP contribution in [-0.2, 0) is 6.54 Å². The summed E-state index contributed by atoms with van der Waals surface area (Å²) in [5.74, 6) is 0.865. The van der Waals surface area contributed by atoms with E-state index in [4.69, 9.17) is 0 Å². The summed E-state index contributed by atoms with van der Waals surface area (Å²) in [6.45, 7) is 1.84. The highest BCUT2D eigenvalue weighted by Gasteiger charge is 2.24. The zero-order chi connectivity index (χ0) is 21.2. The first kappa shape index (κ1) is 19.1. The fourth-order valence-electron chi connectivity index (χ4n) is 3.97. The lowest BCUT2D eigenvalue weighted by Crippen LogP contribution is -2.40. The van der Waals surface area contributed by atoms with E-state index in [-0.39, 0.29) is 17.4 Å². The van der Waals surface area contributed by atoms with Gasteiger partial charge in [-0.3, -0.25) is 14.6 Å². The molecule has 156 valence electrons. The molecule has 0 unspecified atom stereocenters. The van der Waals surface area contributed by atoms with E-state index in [0.29, 0.717) is 31.0 Å². The number of aromatic nitrogens is 6. The molecular weight excluding hydrogens is 394 g/mol. The molecule has 1 aliphatic rings. The van der Waals surface area contributed by atoms with E-state index in [1.807, 2.05) is 35.2 Å². The van der Waals surface area contributed by atoms with Crippen LogP contribution < -0.4 is 5.56 Å². The number of piperidine rings is 1. The van der Waals surface area contributed by atoms with Crippen molar-refractivity contribution >= 4 is 16.8 Å². The summed E-state index contributed by atoms with van der Waals surface area (Å²) < 4.78 is 3.01. The lowest BCUT2D eigenvalue weighted by molar-refractivity contribution is 0.0680. The predicted molar refractivity (Wildman–Crippen MR) is 114 cm³/mol. The summed E-state index contributed by atoms with van der Waals surface area (Å²) in [6.07, 6.45) is 6.36. The van der Waals surface area contributed by atoms with Crippen LogP contribution in [0.3, 0.4) is 0 Å². The molecule has 0 spiro atoms. The van der Waals surface area contributed by atoms with Gasteiger partial charge in [0.25, 0.3) is 11.5 Å². The van der Waals surface area contributed by atoms with Crippen LogP contribution in [0.15, 0.2) is 66.1 Å². The molecule has 1 aliphatic heterocycles. The Morgan fingerprint density at radius 3 is 2.77 bits per heavy atom. The number of likely N-dealkylation sites (tertiary alicyclic amines) is 1. The molecule has 0 atom stereocenters. The molecule has 3 aromatic heterocycles. The summed E-state index contributed by atoms with van der Waals surface area (Å²) in [7, 11) is 0. The maximum Gasteiger partial charge on any atom is 0.266 e. The molecule has 9 nitrogen and oxygen atoms in total. The van der Waals surface area contributed by atoms with Gasteiger partial charge in [0, 0.05) is 42.8 Å². The summed E-state index contributed by atoms with van der Waals surface area (Å²) in [4.78, 5) is 35.3. The lowest BCUT2D eigenvalue weighted by Gasteiger charge is -2.32. The number of carbonyl (C=O) groups excluding carboxylic acids is 1. The van der Waals surface area contributed by atoms with Gasteiger partial charge < -0.3 is 4.90 Å². The van der Waals surface area contributed by atoms with Crippen molar-refractivity contribution in [2.24, 2.45) is 5.92 Å². The van der Waals surface area contributed by atoms with Crippen LogP contribution in [0.4, 0.5) is 0 Å². The molecule has 1 aromatic carbocycles. The van der Waals surface area contributed by atoms with E-state index < -0.39 is 0 Å². The van der Waals surface area contributed by atoms with Crippen molar-refractivity contribution in [1.29, 1.82) is 0 Å². The van der Waals surface area contributed by atoms with Crippen LogP contribution in [0.2, 0.25) is 0 Å². The molecule has 1 saturated heterocycles. The molecular formula is C22H21N7O2. The normalized spacial score (nSPS) is 14.8. The number of rotatable bonds is 4. The van der Waals surface area contributed by atoms with Crippen molar-refractivity contribution in [3.05, 3.63) is 77.2 Å². The van der Waals surface area contributed by atoms with Crippen molar-refractivity contribution in [2.45, 2.75) is 19.4 Å². The van der Waals surface area contributed by atoms with Gasteiger partial charge >= 0.3 is 0 Å². The average molecular weight is 415 g/mol. The Balaban J connectivity index is 1.25. The Bertz CT molecular complexity index is 1270. The molecule has 1 fully saturated rings. The van der Waals surface area contributed by atoms with Crippen LogP contribution in [0.25, 0.3) is 16.7 Å². The van der Waals surface area contributed by atoms with Crippen molar-refractivity contribution in [2.75, 3.05) is 13.1 Å². The number of nitrogens with zero attached hydrogens (tertiary/aromatic N) is 7. The number of pyridine rings is 1. The van der Waals surface area contributed by atoms with E-state index >= 15 is 0 Å². The van der Waals surface area contributed by atoms with Gasteiger partial charge in [0.1, 0.15) is 12.7 Å². The van der Waals surface area contributed by atoms with Crippen LogP contribution in [-0.4, -0.2) is 53.4 Å². The standard InChI is InChI=1S/C22H21N7O2/c30-21-6-5-20(29-15-23-14-25-29)26-28(21)13-16-7-10-27(11-8-16)22(31)18-3-4-19-17(12-18)2-1-9-24-19/h1-6,9,12,14-16H,7-8,10-11,13H2. The number of fused-ring (bicyclic) bond motifs is 1. The monoisotopic (exact) mass is 415 g/mol. The molecule has 0 N–H and O–H groups in total. The first-order chi connectivity index (χ1) is 15.2. The molecule has 9 heteroatoms. The van der Waals surface area contributed by atoms with Gasteiger partial charge in [-0.2, -0.15) is 5.10 Å². The molecule has 0 radical (unpaired) electrons. The third-order valence-electron chi connectivity index (χ3n) is 5.69. The Hall–Kier alpha value is -3.88. The van der Waals surface area contributed by atoms with Gasteiger partial charge in [-0.25, -0.2) is 14.3 Å². The minimum absolute atomic E-state index is 0.0349. The molecule has 31 heavy (non-hydrogen) atoms. The van der Waals surface area contributed by atoms with E-state index in [1.54, 1.807) is 18.6 Å². The Morgan fingerprint density at radius 2 is 1.97 bits per heavy atom. The maximum absolute atomic E-state index is 13.0. The zero-order valence-corrected chi connectivity index (χ0v) is 16.8. The maximum atomic E-state index is 13.0. The second-order valence-corrected chi connectivity index (χ2v) is 7.70. The van der Waals surface area contributed by atoms with Crippen LogP contribution in [0, 0.1) is 5.92 Å². The van der Waals surface area contributed by atoms with E-state index in [0.717, 1.165) is 23.7 Å². The number of hydrogen-bond acceptors (Lipinski definition) is 6. The molecule has 5 rings (SSSR count). The van der Waals surface area contributed by atoms with Crippen molar-refractivity contribution in [3.8, 4) is 5.82 Å². The first-order valence-corrected chi connectivity index (χ1v) is 10.2. The zero-order valence-electron chi connectivity index (χ0n) is 16.8. The molecule has 1 amide bonds. The SMILES string of the molecule is O=C(c1ccc2ncccc2c1)N1CCC(Cn2nc(-n3cncn3)ccc2=O)CC1. The van der Waals surface area contributed by atoms with Crippen molar-refractivity contribution < 1.29 is 4.79 Å². The highest BCUT2D eigenvalue weighted by Crippen LogP contribution is 2.21. The highest BCUT2D eigenvalue weighted by molar-refractivity contribution is 5.97. The minimum atomic E-state index is -0.146. The van der Waals surface area contributed by atoms with Crippen molar-refractivity contribution in [1.82, 2.24) is 34.4 Å². The second-order valence-electron chi connectivity index (χ2n) is 7.70. The molecule has 0 bridgehead atoms. The first-order valence-electron chi connectivity index (χ1n) is 10.2. The summed E-state index contributed by atoms with van der Waals surface area (Å²) in [5, 5.41) is 9.44. The van der Waals surface area contributed by atoms with Crippen LogP contribution in [0.1, 0.15) is 23.2 Å². The second kappa shape index (κ2) is 8.10. The van der Waals surface area contributed by atoms with Crippen LogP contribution in [0.5, 0.6) is 0 Å². The van der Waals surface area contributed by atoms with Gasteiger partial charge in [0.2, 0.25) is 0 Å². The lowest BCUT2D eigenvalue weighted by atomic mass is 9.96. The Kier molecular flexibility index (Phi) is 4.99. The van der Waals surface area contributed by atoms with Gasteiger partial charge in [0.15, 0.2) is 5.82 Å². The molecule has 0 saturated carbocycles. The Morgan fingerprint density at radius 1 is 1.10 bits per heavy atom. The van der Waals surface area contributed by atoms with Gasteiger partial charge in [-0.1, -0.05) is 6.07 Å². The van der Waals surface area contributed by atoms with E-state index in [9.17, 15) is 9.59 Å². The Labute approximate surface area is 178 Å². The third-order valence-corrected chi connectivity index (χ3v) is 5.69.